The summed E-state index contributed by atoms with van der Waals surface area (Å²) >= 11 is 0. The van der Waals surface area contributed by atoms with Crippen LogP contribution in [0.15, 0.2) is 12.1 Å². The average molecular weight is 309 g/mol. The normalized spacial score (nSPS) is 10.5. The molecule has 4 nitrogen and oxygen atoms in total. The molecule has 1 rings (SSSR count). The van der Waals surface area contributed by atoms with Crippen LogP contribution in [0, 0.1) is 0 Å². The summed E-state index contributed by atoms with van der Waals surface area (Å²) in [6, 6.07) is 3.94. The van der Waals surface area contributed by atoms with Crippen molar-refractivity contribution in [3.8, 4) is 17.2 Å². The van der Waals surface area contributed by atoms with Crippen LogP contribution < -0.4 is 19.5 Å². The molecule has 1 aromatic carbocycles. The van der Waals surface area contributed by atoms with E-state index in [9.17, 15) is 0 Å². The van der Waals surface area contributed by atoms with Gasteiger partial charge in [0.05, 0.1) is 21.3 Å². The molecule has 22 heavy (non-hydrogen) atoms. The lowest BCUT2D eigenvalue weighted by Gasteiger charge is -2.16. The van der Waals surface area contributed by atoms with Crippen molar-refractivity contribution in [3.63, 3.8) is 0 Å². The Morgan fingerprint density at radius 2 is 1.50 bits per heavy atom. The largest absolute Gasteiger partial charge is 0.493 e. The maximum Gasteiger partial charge on any atom is 0.203 e. The molecule has 0 saturated heterocycles. The number of rotatable bonds is 12. The minimum absolute atomic E-state index is 0.656. The zero-order valence-electron chi connectivity index (χ0n) is 14.5. The van der Waals surface area contributed by atoms with Gasteiger partial charge >= 0.3 is 0 Å². The molecule has 0 atom stereocenters. The van der Waals surface area contributed by atoms with Crippen LogP contribution in [0.3, 0.4) is 0 Å². The first kappa shape index (κ1) is 18.6. The molecule has 0 radical (unpaired) electrons. The van der Waals surface area contributed by atoms with Gasteiger partial charge in [0.15, 0.2) is 11.5 Å². The highest BCUT2D eigenvalue weighted by Crippen LogP contribution is 2.39. The van der Waals surface area contributed by atoms with Gasteiger partial charge in [0.25, 0.3) is 0 Å². The van der Waals surface area contributed by atoms with Crippen molar-refractivity contribution in [2.24, 2.45) is 0 Å². The van der Waals surface area contributed by atoms with Crippen LogP contribution in [0.2, 0.25) is 0 Å². The average Bonchev–Trinajstić information content (AvgIpc) is 2.56. The van der Waals surface area contributed by atoms with Gasteiger partial charge in [-0.15, -0.1) is 0 Å². The van der Waals surface area contributed by atoms with Gasteiger partial charge in [-0.1, -0.05) is 45.1 Å². The smallest absolute Gasteiger partial charge is 0.203 e. The Hall–Kier alpha value is -1.42. The molecule has 0 aliphatic rings. The van der Waals surface area contributed by atoms with Crippen molar-refractivity contribution in [1.29, 1.82) is 0 Å². The van der Waals surface area contributed by atoms with E-state index in [0.717, 1.165) is 24.4 Å². The van der Waals surface area contributed by atoms with Gasteiger partial charge in [0.2, 0.25) is 5.75 Å². The highest BCUT2D eigenvalue weighted by molar-refractivity contribution is 5.55. The molecule has 0 heterocycles. The molecule has 0 aliphatic heterocycles. The fraction of sp³-hybridized carbons (Fsp3) is 0.667. The summed E-state index contributed by atoms with van der Waals surface area (Å²) in [5.41, 5.74) is 1.09. The van der Waals surface area contributed by atoms with Crippen molar-refractivity contribution < 1.29 is 14.2 Å². The van der Waals surface area contributed by atoms with E-state index in [0.29, 0.717) is 11.5 Å². The molecule has 0 saturated carbocycles. The molecule has 1 aromatic rings. The summed E-state index contributed by atoms with van der Waals surface area (Å²) in [5, 5.41) is 3.48. The molecule has 0 unspecified atom stereocenters. The first-order chi connectivity index (χ1) is 10.8. The van der Waals surface area contributed by atoms with Crippen LogP contribution >= 0.6 is 0 Å². The summed E-state index contributed by atoms with van der Waals surface area (Å²) in [5.74, 6) is 2.10. The van der Waals surface area contributed by atoms with Gasteiger partial charge in [-0.05, 0) is 19.0 Å². The van der Waals surface area contributed by atoms with Crippen LogP contribution in [-0.2, 0) is 6.54 Å². The minimum Gasteiger partial charge on any atom is -0.493 e. The maximum absolute atomic E-state index is 5.49. The second-order valence-electron chi connectivity index (χ2n) is 5.44. The first-order valence-electron chi connectivity index (χ1n) is 8.27. The Balaban J connectivity index is 2.42. The predicted molar refractivity (Wildman–Crippen MR) is 91.2 cm³/mol. The third kappa shape index (κ3) is 5.76. The number of ether oxygens (including phenoxy) is 3. The second kappa shape index (κ2) is 11.2. The molecule has 0 bridgehead atoms. The van der Waals surface area contributed by atoms with Crippen molar-refractivity contribution >= 4 is 0 Å². The molecule has 0 aliphatic carbocycles. The van der Waals surface area contributed by atoms with Crippen molar-refractivity contribution in [3.05, 3.63) is 17.7 Å². The Morgan fingerprint density at radius 1 is 0.818 bits per heavy atom. The topological polar surface area (TPSA) is 39.7 Å². The lowest BCUT2D eigenvalue weighted by Crippen LogP contribution is -2.15. The summed E-state index contributed by atoms with van der Waals surface area (Å²) in [7, 11) is 4.93. The van der Waals surface area contributed by atoms with Gasteiger partial charge in [0, 0.05) is 12.1 Å². The van der Waals surface area contributed by atoms with E-state index in [1.165, 1.54) is 38.5 Å². The number of nitrogens with one attached hydrogen (secondary N) is 1. The maximum atomic E-state index is 5.49. The van der Waals surface area contributed by atoms with Gasteiger partial charge < -0.3 is 19.5 Å². The number of methoxy groups -OCH3 is 3. The summed E-state index contributed by atoms with van der Waals surface area (Å²) in [6.07, 6.45) is 7.89. The minimum atomic E-state index is 0.656. The van der Waals surface area contributed by atoms with Crippen molar-refractivity contribution in [2.75, 3.05) is 27.9 Å². The molecule has 0 spiro atoms. The van der Waals surface area contributed by atoms with Crippen molar-refractivity contribution in [2.45, 2.75) is 52.0 Å². The highest BCUT2D eigenvalue weighted by atomic mass is 16.5. The van der Waals surface area contributed by atoms with E-state index in [1.807, 2.05) is 12.1 Å². The zero-order chi connectivity index (χ0) is 16.2. The predicted octanol–water partition coefficient (Wildman–Crippen LogP) is 4.16. The molecular weight excluding hydrogens is 278 g/mol. The number of unbranched alkanes of at least 4 members (excludes halogenated alkanes) is 5. The number of hydrogen-bond acceptors (Lipinski definition) is 4. The zero-order valence-corrected chi connectivity index (χ0v) is 14.5. The van der Waals surface area contributed by atoms with Gasteiger partial charge in [0.1, 0.15) is 0 Å². The Morgan fingerprint density at radius 3 is 2.14 bits per heavy atom. The van der Waals surface area contributed by atoms with Crippen LogP contribution in [0.5, 0.6) is 17.2 Å². The Kier molecular flexibility index (Phi) is 9.47. The summed E-state index contributed by atoms with van der Waals surface area (Å²) < 4.78 is 16.2. The van der Waals surface area contributed by atoms with E-state index in [2.05, 4.69) is 12.2 Å². The molecule has 0 amide bonds. The second-order valence-corrected chi connectivity index (χ2v) is 5.44. The monoisotopic (exact) mass is 309 g/mol. The van der Waals surface area contributed by atoms with E-state index in [4.69, 9.17) is 14.2 Å². The van der Waals surface area contributed by atoms with E-state index >= 15 is 0 Å². The van der Waals surface area contributed by atoms with Crippen LogP contribution in [0.1, 0.15) is 51.0 Å². The van der Waals surface area contributed by atoms with Gasteiger partial charge in [-0.3, -0.25) is 0 Å². The quantitative estimate of drug-likeness (QED) is 0.588. The molecule has 0 fully saturated rings. The van der Waals surface area contributed by atoms with E-state index in [-0.39, 0.29) is 0 Å². The molecule has 1 N–H and O–H groups in total. The first-order valence-corrected chi connectivity index (χ1v) is 8.27. The van der Waals surface area contributed by atoms with Crippen molar-refractivity contribution in [1.82, 2.24) is 5.32 Å². The number of benzene rings is 1. The van der Waals surface area contributed by atoms with Gasteiger partial charge in [-0.25, -0.2) is 0 Å². The lowest BCUT2D eigenvalue weighted by molar-refractivity contribution is 0.321. The van der Waals surface area contributed by atoms with Crippen LogP contribution in [-0.4, -0.2) is 27.9 Å². The van der Waals surface area contributed by atoms with Crippen LogP contribution in [0.4, 0.5) is 0 Å². The summed E-state index contributed by atoms with van der Waals surface area (Å²) in [4.78, 5) is 0. The SMILES string of the molecule is CCCCCCCCNCc1ccc(OC)c(OC)c1OC. The third-order valence-corrected chi connectivity index (χ3v) is 3.81. The Labute approximate surface area is 135 Å². The fourth-order valence-electron chi connectivity index (χ4n) is 2.56. The fourth-order valence-corrected chi connectivity index (χ4v) is 2.56. The molecular formula is C18H31NO3. The molecule has 4 heteroatoms. The van der Waals surface area contributed by atoms with Gasteiger partial charge in [-0.2, -0.15) is 0 Å². The molecule has 126 valence electrons. The summed E-state index contributed by atoms with van der Waals surface area (Å²) in [6.45, 7) is 4.06. The van der Waals surface area contributed by atoms with E-state index < -0.39 is 0 Å². The molecule has 0 aromatic heterocycles. The highest BCUT2D eigenvalue weighted by Gasteiger charge is 2.15. The van der Waals surface area contributed by atoms with E-state index in [1.54, 1.807) is 21.3 Å². The standard InChI is InChI=1S/C18H31NO3/c1-5-6-7-8-9-10-13-19-14-15-11-12-16(20-2)18(22-4)17(15)21-3/h11-12,19H,5-10,13-14H2,1-4H3. The number of hydrogen-bond donors (Lipinski definition) is 1. The Bertz CT molecular complexity index is 421. The third-order valence-electron chi connectivity index (χ3n) is 3.81. The van der Waals surface area contributed by atoms with Crippen LogP contribution in [0.25, 0.3) is 0 Å². The lowest BCUT2D eigenvalue weighted by atomic mass is 10.1.